The lowest BCUT2D eigenvalue weighted by Gasteiger charge is -2.20. The zero-order valence-corrected chi connectivity index (χ0v) is 15.1. The predicted molar refractivity (Wildman–Crippen MR) is 100 cm³/mol. The van der Waals surface area contributed by atoms with Gasteiger partial charge in [-0.1, -0.05) is 19.8 Å². The fourth-order valence-corrected chi connectivity index (χ4v) is 3.81. The largest absolute Gasteiger partial charge is 0.472 e. The molecule has 1 aromatic carbocycles. The third kappa shape index (κ3) is 2.49. The van der Waals surface area contributed by atoms with Gasteiger partial charge in [0.15, 0.2) is 0 Å². The molecule has 0 fully saturated rings. The van der Waals surface area contributed by atoms with Crippen molar-refractivity contribution in [2.75, 3.05) is 22.1 Å². The van der Waals surface area contributed by atoms with E-state index in [0.29, 0.717) is 0 Å². The lowest BCUT2D eigenvalue weighted by Crippen LogP contribution is -2.36. The number of carbonyl (C=O) groups is 1. The number of nitrogens with one attached hydrogen (secondary N) is 2. The smallest absolute Gasteiger partial charge is 0.237 e. The SMILES string of the molecule is CCCCCN1C(=O)C(C)(C)c2cc3c(cc21)NC(c1ccoc1)N3. The molecule has 2 N–H and O–H groups in total. The standard InChI is InChI=1S/C20H25N3O2/c1-4-5-6-8-23-17-11-16-15(10-14(17)20(2,3)19(23)24)21-18(22-16)13-7-9-25-12-13/h7,9-12,18,21-22H,4-6,8H2,1-3H3. The number of nitrogens with zero attached hydrogens (tertiary/aromatic N) is 1. The number of carbonyl (C=O) groups excluding carboxylic acids is 1. The van der Waals surface area contributed by atoms with E-state index in [2.05, 4.69) is 29.7 Å². The molecule has 132 valence electrons. The summed E-state index contributed by atoms with van der Waals surface area (Å²) in [5.41, 5.74) is 4.82. The van der Waals surface area contributed by atoms with E-state index >= 15 is 0 Å². The summed E-state index contributed by atoms with van der Waals surface area (Å²) in [7, 11) is 0. The summed E-state index contributed by atoms with van der Waals surface area (Å²) in [5, 5.41) is 6.97. The van der Waals surface area contributed by atoms with Gasteiger partial charge in [-0.25, -0.2) is 0 Å². The van der Waals surface area contributed by atoms with Crippen molar-refractivity contribution in [2.45, 2.75) is 51.6 Å². The minimum Gasteiger partial charge on any atom is -0.472 e. The molecule has 5 heteroatoms. The average molecular weight is 339 g/mol. The van der Waals surface area contributed by atoms with Crippen molar-refractivity contribution >= 4 is 23.0 Å². The Morgan fingerprint density at radius 2 is 1.96 bits per heavy atom. The summed E-state index contributed by atoms with van der Waals surface area (Å²) >= 11 is 0. The molecule has 3 heterocycles. The van der Waals surface area contributed by atoms with Crippen molar-refractivity contribution in [1.82, 2.24) is 0 Å². The fraction of sp³-hybridized carbons (Fsp3) is 0.450. The number of anilines is 3. The van der Waals surface area contributed by atoms with Crippen molar-refractivity contribution in [3.63, 3.8) is 0 Å². The van der Waals surface area contributed by atoms with E-state index in [-0.39, 0.29) is 12.1 Å². The van der Waals surface area contributed by atoms with Gasteiger partial charge in [-0.15, -0.1) is 0 Å². The Labute approximate surface area is 148 Å². The van der Waals surface area contributed by atoms with Gasteiger partial charge in [-0.3, -0.25) is 4.79 Å². The maximum absolute atomic E-state index is 12.9. The monoisotopic (exact) mass is 339 g/mol. The lowest BCUT2D eigenvalue weighted by molar-refractivity contribution is -0.122. The molecular weight excluding hydrogens is 314 g/mol. The Morgan fingerprint density at radius 1 is 1.20 bits per heavy atom. The lowest BCUT2D eigenvalue weighted by atomic mass is 9.86. The van der Waals surface area contributed by atoms with Gasteiger partial charge in [-0.05, 0) is 44.0 Å². The normalized spacial score (nSPS) is 20.2. The highest BCUT2D eigenvalue weighted by Gasteiger charge is 2.44. The minimum atomic E-state index is -0.480. The first-order valence-corrected chi connectivity index (χ1v) is 9.08. The molecule has 0 radical (unpaired) electrons. The molecule has 2 aliphatic heterocycles. The third-order valence-corrected chi connectivity index (χ3v) is 5.34. The van der Waals surface area contributed by atoms with E-state index < -0.39 is 5.41 Å². The zero-order valence-electron chi connectivity index (χ0n) is 15.1. The highest BCUT2D eigenvalue weighted by Crippen LogP contribution is 2.48. The first-order chi connectivity index (χ1) is 12.0. The Bertz CT molecular complexity index is 796. The second-order valence-electron chi connectivity index (χ2n) is 7.48. The van der Waals surface area contributed by atoms with Crippen LogP contribution >= 0.6 is 0 Å². The molecule has 25 heavy (non-hydrogen) atoms. The molecule has 4 rings (SSSR count). The molecule has 1 atom stereocenters. The number of amides is 1. The quantitative estimate of drug-likeness (QED) is 0.780. The Kier molecular flexibility index (Phi) is 3.74. The van der Waals surface area contributed by atoms with Crippen LogP contribution in [0.15, 0.2) is 35.1 Å². The Morgan fingerprint density at radius 3 is 2.64 bits per heavy atom. The van der Waals surface area contributed by atoms with Crippen LogP contribution in [0.1, 0.15) is 57.3 Å². The van der Waals surface area contributed by atoms with Crippen LogP contribution in [-0.4, -0.2) is 12.5 Å². The first-order valence-electron chi connectivity index (χ1n) is 9.08. The van der Waals surface area contributed by atoms with Gasteiger partial charge < -0.3 is 20.0 Å². The van der Waals surface area contributed by atoms with E-state index in [1.54, 1.807) is 12.5 Å². The van der Waals surface area contributed by atoms with Crippen molar-refractivity contribution in [1.29, 1.82) is 0 Å². The first kappa shape index (κ1) is 16.1. The van der Waals surface area contributed by atoms with Gasteiger partial charge in [0.1, 0.15) is 6.17 Å². The highest BCUT2D eigenvalue weighted by atomic mass is 16.3. The van der Waals surface area contributed by atoms with Gasteiger partial charge in [0, 0.05) is 12.1 Å². The van der Waals surface area contributed by atoms with Crippen molar-refractivity contribution in [2.24, 2.45) is 0 Å². The molecule has 1 amide bonds. The average Bonchev–Trinajstić information content (AvgIpc) is 3.28. The molecule has 1 aromatic heterocycles. The van der Waals surface area contributed by atoms with E-state index in [9.17, 15) is 4.79 Å². The van der Waals surface area contributed by atoms with Gasteiger partial charge in [0.2, 0.25) is 5.91 Å². The number of furan rings is 1. The summed E-state index contributed by atoms with van der Waals surface area (Å²) in [5.74, 6) is 0.202. The summed E-state index contributed by atoms with van der Waals surface area (Å²) in [4.78, 5) is 14.9. The highest BCUT2D eigenvalue weighted by molar-refractivity contribution is 6.09. The van der Waals surface area contributed by atoms with E-state index in [1.807, 2.05) is 24.8 Å². The maximum atomic E-state index is 12.9. The van der Waals surface area contributed by atoms with Crippen LogP contribution in [0.3, 0.4) is 0 Å². The number of hydrogen-bond acceptors (Lipinski definition) is 4. The summed E-state index contributed by atoms with van der Waals surface area (Å²) in [6.07, 6.45) is 6.77. The molecule has 0 aliphatic carbocycles. The second-order valence-corrected chi connectivity index (χ2v) is 7.48. The van der Waals surface area contributed by atoms with Crippen LogP contribution in [0.4, 0.5) is 17.1 Å². The number of benzene rings is 1. The number of unbranched alkanes of at least 4 members (excludes halogenated alkanes) is 2. The van der Waals surface area contributed by atoms with Gasteiger partial charge in [0.05, 0.1) is 35.0 Å². The van der Waals surface area contributed by atoms with Crippen LogP contribution in [0.25, 0.3) is 0 Å². The summed E-state index contributed by atoms with van der Waals surface area (Å²) in [6.45, 7) is 7.02. The van der Waals surface area contributed by atoms with E-state index in [0.717, 1.165) is 54.0 Å². The van der Waals surface area contributed by atoms with Gasteiger partial charge in [-0.2, -0.15) is 0 Å². The Hall–Kier alpha value is -2.43. The minimum absolute atomic E-state index is 0.00336. The van der Waals surface area contributed by atoms with Crippen LogP contribution in [0.2, 0.25) is 0 Å². The van der Waals surface area contributed by atoms with E-state index in [4.69, 9.17) is 4.42 Å². The van der Waals surface area contributed by atoms with Crippen molar-refractivity contribution in [3.05, 3.63) is 41.9 Å². The van der Waals surface area contributed by atoms with Crippen molar-refractivity contribution in [3.8, 4) is 0 Å². The number of rotatable bonds is 5. The topological polar surface area (TPSA) is 57.5 Å². The van der Waals surface area contributed by atoms with Crippen LogP contribution in [0.5, 0.6) is 0 Å². The molecule has 1 unspecified atom stereocenters. The molecular formula is C20H25N3O2. The maximum Gasteiger partial charge on any atom is 0.237 e. The molecule has 0 saturated heterocycles. The molecule has 0 bridgehead atoms. The number of fused-ring (bicyclic) bond motifs is 2. The second kappa shape index (κ2) is 5.83. The third-order valence-electron chi connectivity index (χ3n) is 5.34. The summed E-state index contributed by atoms with van der Waals surface area (Å²) < 4.78 is 5.19. The zero-order chi connectivity index (χ0) is 17.6. The van der Waals surface area contributed by atoms with Crippen LogP contribution in [-0.2, 0) is 10.2 Å². The predicted octanol–water partition coefficient (Wildman–Crippen LogP) is 4.63. The molecule has 0 saturated carbocycles. The fourth-order valence-electron chi connectivity index (χ4n) is 3.81. The molecule has 0 spiro atoms. The van der Waals surface area contributed by atoms with Gasteiger partial charge in [0.25, 0.3) is 0 Å². The molecule has 5 nitrogen and oxygen atoms in total. The van der Waals surface area contributed by atoms with Crippen molar-refractivity contribution < 1.29 is 9.21 Å². The van der Waals surface area contributed by atoms with E-state index in [1.165, 1.54) is 0 Å². The molecule has 2 aromatic rings. The molecule has 2 aliphatic rings. The van der Waals surface area contributed by atoms with Crippen LogP contribution in [0, 0.1) is 0 Å². The Balaban J connectivity index is 1.67. The van der Waals surface area contributed by atoms with Crippen LogP contribution < -0.4 is 15.5 Å². The summed E-state index contributed by atoms with van der Waals surface area (Å²) in [6, 6.07) is 6.21. The number of hydrogen-bond donors (Lipinski definition) is 2. The van der Waals surface area contributed by atoms with Gasteiger partial charge >= 0.3 is 0 Å².